The maximum absolute atomic E-state index is 13.6. The summed E-state index contributed by atoms with van der Waals surface area (Å²) in [5.41, 5.74) is -0.993. The lowest BCUT2D eigenvalue weighted by Gasteiger charge is -2.24. The van der Waals surface area contributed by atoms with Gasteiger partial charge in [0.25, 0.3) is 22.2 Å². The summed E-state index contributed by atoms with van der Waals surface area (Å²) in [7, 11) is -30.7. The van der Waals surface area contributed by atoms with Crippen LogP contribution in [0.2, 0.25) is 0 Å². The zero-order valence-corrected chi connectivity index (χ0v) is 82.5. The molecule has 0 saturated heterocycles. The number of aromatic hydroxyl groups is 4. The Morgan fingerprint density at radius 3 is 0.907 bits per heavy atom. The van der Waals surface area contributed by atoms with Gasteiger partial charge in [-0.25, -0.2) is 33.7 Å². The number of fused-ring (bicyclic) bond motifs is 8. The molecular weight excluding hydrogens is 1990 g/mol. The van der Waals surface area contributed by atoms with Gasteiger partial charge < -0.3 is 84.3 Å². The number of aryl methyl sites for hydroxylation is 3. The van der Waals surface area contributed by atoms with Crippen molar-refractivity contribution in [2.45, 2.75) is 105 Å². The lowest BCUT2D eigenvalue weighted by molar-refractivity contribution is -0.171. The van der Waals surface area contributed by atoms with Gasteiger partial charge in [0.15, 0.2) is 23.3 Å². The van der Waals surface area contributed by atoms with Gasteiger partial charge in [-0.1, -0.05) is 75.7 Å². The first kappa shape index (κ1) is 103. The Bertz CT molecular complexity index is 8010. The largest absolute Gasteiger partial charge is 0.506 e. The minimum absolute atomic E-state index is 0.00525. The van der Waals surface area contributed by atoms with Gasteiger partial charge in [0, 0.05) is 77.6 Å². The molecule has 0 radical (unpaired) electrons. The first-order valence-corrected chi connectivity index (χ1v) is 56.7. The zero-order chi connectivity index (χ0) is 102. The van der Waals surface area contributed by atoms with Crippen LogP contribution in [0.3, 0.4) is 0 Å². The minimum Gasteiger partial charge on any atom is -0.506 e. The molecule has 16 N–H and O–H groups in total. The molecule has 7 unspecified atom stereocenters. The van der Waals surface area contributed by atoms with Crippen molar-refractivity contribution in [3.8, 4) is 23.0 Å². The number of ether oxygens (including phenoxy) is 1. The van der Waals surface area contributed by atoms with E-state index in [2.05, 4.69) is 73.1 Å². The van der Waals surface area contributed by atoms with Crippen LogP contribution in [0.1, 0.15) is 88.5 Å². The van der Waals surface area contributed by atoms with Gasteiger partial charge in [0.05, 0.1) is 103 Å². The van der Waals surface area contributed by atoms with E-state index in [9.17, 15) is 124 Å². The van der Waals surface area contributed by atoms with Crippen LogP contribution >= 0.6 is 30.1 Å². The average Bonchev–Trinajstić information content (AvgIpc) is 0.875. The Hall–Kier alpha value is -12.8. The molecule has 4 aromatic heterocycles. The molecule has 41 nitrogen and oxygen atoms in total. The van der Waals surface area contributed by atoms with Crippen molar-refractivity contribution in [2.24, 2.45) is 36.8 Å². The number of halogens is 3. The molecule has 8 heterocycles. The number of nitrogens with zero attached hydrogens (tertiary/aromatic N) is 8. The number of amidine groups is 4. The SMILES string of the molecule is CC(CCn1c(=O)c(C2=NP(=O)(O)c3cc(NS(C)(=O)=O)ccc3N2)c(O)c2ccccc21)C(F)(F)F.CCC(C)CCn1c(=O)c(C2=NP(=O)(O)c3cc(NS(C)(=O)=O)ccc3N2)c(O)c2ccccc21.COC(C)CCn1c(=O)c(C2=NP(=O)(O)c3cc(NS(C)(=O)=O)ccc3N2)c(O)c2ccccc21.CS(=O)(=O)Nc1ccc2c(c1)P(=O)(O)N=C(c1c(O)c3ccccc3n(CC3CC3)c1=O)N2. The molecule has 0 amide bonds. The fourth-order valence-electron chi connectivity index (χ4n) is 15.7. The summed E-state index contributed by atoms with van der Waals surface area (Å²) >= 11 is 0. The van der Waals surface area contributed by atoms with Crippen molar-refractivity contribution in [3.05, 3.63) is 234 Å². The van der Waals surface area contributed by atoms with Crippen LogP contribution in [0.25, 0.3) is 43.6 Å². The van der Waals surface area contributed by atoms with Crippen LogP contribution < -0.4 is 83.6 Å². The lowest BCUT2D eigenvalue weighted by atomic mass is 10.0. The Labute approximate surface area is 797 Å². The first-order valence-electron chi connectivity index (χ1n) is 42.7. The van der Waals surface area contributed by atoms with Crippen molar-refractivity contribution in [2.75, 3.05) is 72.3 Å². The maximum Gasteiger partial charge on any atom is 0.391 e. The Morgan fingerprint density at radius 1 is 0.407 bits per heavy atom. The molecule has 5 aliphatic rings. The average molecular weight is 2090 g/mol. The highest BCUT2D eigenvalue weighted by molar-refractivity contribution is 7.92. The molecule has 1 aliphatic carbocycles. The van der Waals surface area contributed by atoms with E-state index in [-0.39, 0.29) is 148 Å². The number of hydrogen-bond donors (Lipinski definition) is 16. The van der Waals surface area contributed by atoms with Crippen LogP contribution in [0, 0.1) is 17.8 Å². The Balaban J connectivity index is 0.000000149. The quantitative estimate of drug-likeness (QED) is 0.0236. The molecule has 742 valence electrons. The van der Waals surface area contributed by atoms with Crippen LogP contribution in [0.15, 0.2) is 208 Å². The number of sulfonamides is 4. The second-order valence-corrected chi connectivity index (χ2v) is 48.0. The molecule has 1 fully saturated rings. The summed E-state index contributed by atoms with van der Waals surface area (Å²) in [5, 5.41) is 56.0. The number of aromatic nitrogens is 4. The molecule has 1 saturated carbocycles. The van der Waals surface area contributed by atoms with E-state index in [1.165, 1.54) is 83.4 Å². The van der Waals surface area contributed by atoms with E-state index in [4.69, 9.17) is 4.74 Å². The van der Waals surface area contributed by atoms with Gasteiger partial charge >= 0.3 is 36.3 Å². The van der Waals surface area contributed by atoms with Crippen molar-refractivity contribution >= 4 is 204 Å². The highest BCUT2D eigenvalue weighted by atomic mass is 32.2. The van der Waals surface area contributed by atoms with Gasteiger partial charge in [0.2, 0.25) is 40.1 Å². The Kier molecular flexibility index (Phi) is 29.0. The third-order valence-electron chi connectivity index (χ3n) is 23.1. The monoisotopic (exact) mass is 2080 g/mol. The standard InChI is InChI=1S/C23H27N4O6PS.C22H22F3N4O6PS.C22H25N4O7PS.C21H21N4O6PS/c1-4-14(2)11-12-27-18-8-6-5-7-16(18)21(28)20(23(27)29)22-24-17-10-9-15(26-35(3,32)33)13-19(17)34(30,31)25-22;1-12(22(23,24)25)9-10-29-16-6-4-3-5-14(16)19(30)18(21(29)31)20-26-15-8-7-13(28-37(2,34)35)11-17(15)36(32,33)27-20;1-13(33-2)10-11-26-17-7-5-4-6-15(17)20(27)19(22(26)28)21-23-16-9-8-14(25-35(3,31)32)12-18(16)34(29,30)24-21;1-33(30,31)24-13-8-9-15-17(10-13)32(28,29)23-20(22-15)18-19(26)14-4-2-3-5-16(14)25(21(18)27)11-12-6-7-12/h5-10,13-14,26,28H,4,11-12H2,1-3H3,(H2,24,25,30,31);3-8,11-12,28,30H,9-10H2,1-2H3,(H2,26,27,32,33);4-9,12-13,25,27H,10-11H2,1-3H3,(H2,23,24,29,30);2-5,8-10,12,24,26H,6-7,11H2,1H3,(H2,22,23,28,29). The highest BCUT2D eigenvalue weighted by Gasteiger charge is 2.41. The maximum atomic E-state index is 13.6. The van der Waals surface area contributed by atoms with Gasteiger partial charge in [-0.05, 0) is 172 Å². The number of rotatable bonds is 25. The van der Waals surface area contributed by atoms with Crippen molar-refractivity contribution < 1.29 is 110 Å². The number of benzene rings is 8. The predicted octanol–water partition coefficient (Wildman–Crippen LogP) is 10.9. The third-order valence-corrected chi connectivity index (χ3v) is 31.4. The van der Waals surface area contributed by atoms with E-state index < -0.39 is 128 Å². The summed E-state index contributed by atoms with van der Waals surface area (Å²) in [5.74, 6) is -3.70. The second kappa shape index (κ2) is 39.3. The predicted molar refractivity (Wildman–Crippen MR) is 535 cm³/mol. The van der Waals surface area contributed by atoms with Crippen molar-refractivity contribution in [1.29, 1.82) is 0 Å². The molecule has 12 aromatic rings. The minimum atomic E-state index is -4.58. The van der Waals surface area contributed by atoms with Crippen LogP contribution in [-0.2, 0) is 89.3 Å². The molecule has 8 aromatic carbocycles. The fraction of sp³-hybridized carbons (Fsp3) is 0.273. The smallest absolute Gasteiger partial charge is 0.391 e. The molecule has 0 spiro atoms. The molecular formula is C88H95F3N16O25P4S4. The lowest BCUT2D eigenvalue weighted by Crippen LogP contribution is -2.34. The molecule has 7 atom stereocenters. The first-order chi connectivity index (χ1) is 65.4. The normalized spacial score (nSPS) is 18.9. The van der Waals surface area contributed by atoms with Gasteiger partial charge in [0.1, 0.15) is 45.3 Å². The summed E-state index contributed by atoms with van der Waals surface area (Å²) in [6.45, 7) is 7.85. The Morgan fingerprint density at radius 2 is 0.657 bits per heavy atom. The summed E-state index contributed by atoms with van der Waals surface area (Å²) < 4.78 is 219. The molecule has 0 bridgehead atoms. The number of alkyl halides is 3. The third kappa shape index (κ3) is 22.8. The van der Waals surface area contributed by atoms with E-state index in [0.29, 0.717) is 64.1 Å². The zero-order valence-electron chi connectivity index (χ0n) is 75.7. The summed E-state index contributed by atoms with van der Waals surface area (Å²) in [6, 6.07) is 42.5. The number of methoxy groups -OCH3 is 1. The molecule has 140 heavy (non-hydrogen) atoms. The fourth-order valence-corrected chi connectivity index (χ4v) is 23.1. The van der Waals surface area contributed by atoms with Crippen LogP contribution in [0.4, 0.5) is 58.7 Å². The van der Waals surface area contributed by atoms with E-state index in [0.717, 1.165) is 68.3 Å². The van der Waals surface area contributed by atoms with Gasteiger partial charge in [-0.15, -0.1) is 0 Å². The number of nitrogens with one attached hydrogen (secondary N) is 8. The highest BCUT2D eigenvalue weighted by Crippen LogP contribution is 2.53. The molecule has 4 aliphatic heterocycles. The van der Waals surface area contributed by atoms with E-state index in [1.54, 1.807) is 101 Å². The summed E-state index contributed by atoms with van der Waals surface area (Å²) in [4.78, 5) is 96.7. The summed E-state index contributed by atoms with van der Waals surface area (Å²) in [6.07, 6.45) is 3.02. The second-order valence-electron chi connectivity index (χ2n) is 34.0. The van der Waals surface area contributed by atoms with Crippen molar-refractivity contribution in [1.82, 2.24) is 18.3 Å². The molecule has 52 heteroatoms. The van der Waals surface area contributed by atoms with Crippen molar-refractivity contribution in [3.63, 3.8) is 0 Å². The number of pyridine rings is 4. The van der Waals surface area contributed by atoms with E-state index in [1.807, 2.05) is 6.92 Å². The van der Waals surface area contributed by atoms with E-state index >= 15 is 0 Å². The topological polar surface area (TPSA) is 610 Å². The number of anilines is 8. The number of hydrogen-bond acceptors (Lipinski definition) is 25. The van der Waals surface area contributed by atoms with Gasteiger partial charge in [-0.2, -0.15) is 32.2 Å². The van der Waals surface area contributed by atoms with Gasteiger partial charge in [-0.3, -0.25) is 56.3 Å². The van der Waals surface area contributed by atoms with Crippen LogP contribution in [0.5, 0.6) is 23.0 Å². The molecule has 17 rings (SSSR count). The van der Waals surface area contributed by atoms with Crippen LogP contribution in [-0.4, -0.2) is 160 Å². The number of para-hydroxylation sites is 4.